The van der Waals surface area contributed by atoms with Crippen LogP contribution in [-0.4, -0.2) is 35.2 Å². The highest BCUT2D eigenvalue weighted by Crippen LogP contribution is 2.23. The number of aromatic nitrogens is 1. The monoisotopic (exact) mass is 281 g/mol. The van der Waals surface area contributed by atoms with E-state index < -0.39 is 18.0 Å². The van der Waals surface area contributed by atoms with Gasteiger partial charge in [0.25, 0.3) is 0 Å². The Balaban J connectivity index is 2.67. The van der Waals surface area contributed by atoms with Gasteiger partial charge in [0.15, 0.2) is 0 Å². The first-order chi connectivity index (χ1) is 9.36. The van der Waals surface area contributed by atoms with Crippen LogP contribution in [0.5, 0.6) is 5.75 Å². The molecule has 0 aliphatic rings. The second-order valence-corrected chi connectivity index (χ2v) is 4.43. The Morgan fingerprint density at radius 1 is 1.45 bits per heavy atom. The summed E-state index contributed by atoms with van der Waals surface area (Å²) in [5.41, 5.74) is 2.43. The molecule has 1 rings (SSSR count). The number of pyridine rings is 1. The van der Waals surface area contributed by atoms with Crippen LogP contribution < -0.4 is 15.4 Å². The molecule has 20 heavy (non-hydrogen) atoms. The molecule has 0 saturated heterocycles. The zero-order chi connectivity index (χ0) is 15.3. The number of amides is 2. The van der Waals surface area contributed by atoms with Gasteiger partial charge in [-0.2, -0.15) is 0 Å². The lowest BCUT2D eigenvalue weighted by atomic mass is 10.1. The zero-order valence-electron chi connectivity index (χ0n) is 12.0. The zero-order valence-corrected chi connectivity index (χ0v) is 12.0. The fourth-order valence-electron chi connectivity index (χ4n) is 1.72. The summed E-state index contributed by atoms with van der Waals surface area (Å²) < 4.78 is 5.27. The van der Waals surface area contributed by atoms with Gasteiger partial charge in [0.2, 0.25) is 0 Å². The van der Waals surface area contributed by atoms with Crippen molar-refractivity contribution in [2.24, 2.45) is 0 Å². The second kappa shape index (κ2) is 6.74. The van der Waals surface area contributed by atoms with Gasteiger partial charge in [-0.05, 0) is 20.8 Å². The Hall–Kier alpha value is -2.31. The number of hydrogen-bond acceptors (Lipinski definition) is 4. The van der Waals surface area contributed by atoms with Crippen LogP contribution in [0.2, 0.25) is 0 Å². The maximum atomic E-state index is 11.5. The summed E-state index contributed by atoms with van der Waals surface area (Å²) in [4.78, 5) is 26.4. The van der Waals surface area contributed by atoms with Gasteiger partial charge in [-0.15, -0.1) is 0 Å². The highest BCUT2D eigenvalue weighted by atomic mass is 16.5. The van der Waals surface area contributed by atoms with Crippen LogP contribution in [0.15, 0.2) is 6.20 Å². The molecule has 0 aliphatic heterocycles. The van der Waals surface area contributed by atoms with Crippen molar-refractivity contribution in [3.05, 3.63) is 23.0 Å². The number of rotatable bonds is 5. The normalized spacial score (nSPS) is 11.6. The lowest BCUT2D eigenvalue weighted by Crippen LogP contribution is -2.44. The van der Waals surface area contributed by atoms with Gasteiger partial charge < -0.3 is 20.5 Å². The van der Waals surface area contributed by atoms with Gasteiger partial charge in [0.1, 0.15) is 11.8 Å². The van der Waals surface area contributed by atoms with Gasteiger partial charge in [0, 0.05) is 17.3 Å². The molecular weight excluding hydrogens is 262 g/mol. The molecule has 0 bridgehead atoms. The van der Waals surface area contributed by atoms with Crippen molar-refractivity contribution in [1.29, 1.82) is 0 Å². The van der Waals surface area contributed by atoms with E-state index in [1.54, 1.807) is 13.3 Å². The number of hydrogen-bond donors (Lipinski definition) is 3. The lowest BCUT2D eigenvalue weighted by molar-refractivity contribution is -0.138. The van der Waals surface area contributed by atoms with Crippen LogP contribution in [0.25, 0.3) is 0 Å². The third-order valence-corrected chi connectivity index (χ3v) is 2.88. The predicted molar refractivity (Wildman–Crippen MR) is 72.7 cm³/mol. The quantitative estimate of drug-likeness (QED) is 0.747. The minimum Gasteiger partial charge on any atom is -0.496 e. The molecule has 1 aromatic heterocycles. The molecule has 0 saturated carbocycles. The first kappa shape index (κ1) is 15.7. The topological polar surface area (TPSA) is 101 Å². The van der Waals surface area contributed by atoms with Crippen molar-refractivity contribution in [3.8, 4) is 5.75 Å². The number of nitrogens with one attached hydrogen (secondary N) is 2. The van der Waals surface area contributed by atoms with E-state index >= 15 is 0 Å². The molecule has 0 spiro atoms. The van der Waals surface area contributed by atoms with E-state index in [1.807, 2.05) is 13.8 Å². The van der Waals surface area contributed by atoms with Gasteiger partial charge in [-0.25, -0.2) is 4.79 Å². The van der Waals surface area contributed by atoms with E-state index in [0.717, 1.165) is 16.9 Å². The van der Waals surface area contributed by atoms with Crippen molar-refractivity contribution in [2.45, 2.75) is 33.4 Å². The predicted octanol–water partition coefficient (Wildman–Crippen LogP) is 0.979. The van der Waals surface area contributed by atoms with Gasteiger partial charge in [-0.1, -0.05) is 0 Å². The number of carbonyl (C=O) groups excluding carboxylic acids is 1. The average molecular weight is 281 g/mol. The molecule has 0 radical (unpaired) electrons. The molecular formula is C13H19N3O4. The number of carbonyl (C=O) groups is 2. The molecule has 110 valence electrons. The SMILES string of the molecule is COc1c(C)cnc(CNC(=O)NC(C)C(=O)O)c1C. The van der Waals surface area contributed by atoms with Crippen LogP contribution in [0.4, 0.5) is 4.79 Å². The minimum atomic E-state index is -1.09. The van der Waals surface area contributed by atoms with Crippen molar-refractivity contribution < 1.29 is 19.4 Å². The summed E-state index contributed by atoms with van der Waals surface area (Å²) >= 11 is 0. The third kappa shape index (κ3) is 3.84. The first-order valence-electron chi connectivity index (χ1n) is 6.13. The molecule has 7 heteroatoms. The first-order valence-corrected chi connectivity index (χ1v) is 6.13. The maximum Gasteiger partial charge on any atom is 0.325 e. The molecule has 3 N–H and O–H groups in total. The summed E-state index contributed by atoms with van der Waals surface area (Å²) in [6.45, 7) is 5.33. The van der Waals surface area contributed by atoms with Crippen molar-refractivity contribution in [1.82, 2.24) is 15.6 Å². The number of nitrogens with zero attached hydrogens (tertiary/aromatic N) is 1. The van der Waals surface area contributed by atoms with E-state index in [9.17, 15) is 9.59 Å². The molecule has 2 amide bonds. The molecule has 7 nitrogen and oxygen atoms in total. The number of methoxy groups -OCH3 is 1. The van der Waals surface area contributed by atoms with Gasteiger partial charge >= 0.3 is 12.0 Å². The summed E-state index contributed by atoms with van der Waals surface area (Å²) in [5.74, 6) is -0.359. The summed E-state index contributed by atoms with van der Waals surface area (Å²) in [6.07, 6.45) is 1.67. The highest BCUT2D eigenvalue weighted by molar-refractivity contribution is 5.82. The molecule has 0 aliphatic carbocycles. The van der Waals surface area contributed by atoms with E-state index in [0.29, 0.717) is 5.69 Å². The largest absolute Gasteiger partial charge is 0.496 e. The van der Waals surface area contributed by atoms with Crippen molar-refractivity contribution in [3.63, 3.8) is 0 Å². The molecule has 1 unspecified atom stereocenters. The van der Waals surface area contributed by atoms with Crippen LogP contribution in [0.1, 0.15) is 23.7 Å². The summed E-state index contributed by atoms with van der Waals surface area (Å²) in [6, 6.07) is -1.50. The van der Waals surface area contributed by atoms with E-state index in [4.69, 9.17) is 9.84 Å². The number of ether oxygens (including phenoxy) is 1. The van der Waals surface area contributed by atoms with Crippen LogP contribution in [0, 0.1) is 13.8 Å². The lowest BCUT2D eigenvalue weighted by Gasteiger charge is -2.14. The fourth-order valence-corrected chi connectivity index (χ4v) is 1.72. The van der Waals surface area contributed by atoms with Gasteiger partial charge in [-0.3, -0.25) is 9.78 Å². The molecule has 1 aromatic rings. The molecule has 0 fully saturated rings. The van der Waals surface area contributed by atoms with E-state index in [-0.39, 0.29) is 6.54 Å². The number of aliphatic carboxylic acids is 1. The van der Waals surface area contributed by atoms with Crippen molar-refractivity contribution in [2.75, 3.05) is 7.11 Å². The van der Waals surface area contributed by atoms with Crippen LogP contribution in [-0.2, 0) is 11.3 Å². The number of urea groups is 1. The molecule has 0 aromatic carbocycles. The Morgan fingerprint density at radius 3 is 2.65 bits per heavy atom. The number of carboxylic acids is 1. The van der Waals surface area contributed by atoms with Crippen molar-refractivity contribution >= 4 is 12.0 Å². The summed E-state index contributed by atoms with van der Waals surface area (Å²) in [7, 11) is 1.58. The minimum absolute atomic E-state index is 0.195. The standard InChI is InChI=1S/C13H19N3O4/c1-7-5-14-10(8(2)11(7)20-4)6-15-13(19)16-9(3)12(17)18/h5,9H,6H2,1-4H3,(H,17,18)(H2,15,16,19). The second-order valence-electron chi connectivity index (χ2n) is 4.43. The Kier molecular flexibility index (Phi) is 5.31. The maximum absolute atomic E-state index is 11.5. The Morgan fingerprint density at radius 2 is 2.10 bits per heavy atom. The van der Waals surface area contributed by atoms with E-state index in [1.165, 1.54) is 6.92 Å². The molecule has 1 atom stereocenters. The fraction of sp³-hybridized carbons (Fsp3) is 0.462. The smallest absolute Gasteiger partial charge is 0.325 e. The average Bonchev–Trinajstić information content (AvgIpc) is 2.38. The van der Waals surface area contributed by atoms with Gasteiger partial charge in [0.05, 0.1) is 19.3 Å². The molecule has 1 heterocycles. The third-order valence-electron chi connectivity index (χ3n) is 2.88. The van der Waals surface area contributed by atoms with Crippen LogP contribution in [0.3, 0.4) is 0 Å². The number of aryl methyl sites for hydroxylation is 1. The van der Waals surface area contributed by atoms with Crippen LogP contribution >= 0.6 is 0 Å². The Bertz CT molecular complexity index is 517. The van der Waals surface area contributed by atoms with E-state index in [2.05, 4.69) is 15.6 Å². The Labute approximate surface area is 117 Å². The number of carboxylic acid groups (broad SMARTS) is 1. The highest BCUT2D eigenvalue weighted by Gasteiger charge is 2.14. The summed E-state index contributed by atoms with van der Waals surface area (Å²) in [5, 5.41) is 13.6.